The van der Waals surface area contributed by atoms with Gasteiger partial charge in [0.05, 0.1) is 20.0 Å². The van der Waals surface area contributed by atoms with Gasteiger partial charge in [0.15, 0.2) is 28.7 Å². The van der Waals surface area contributed by atoms with Gasteiger partial charge in [0.1, 0.15) is 11.9 Å². The fourth-order valence-corrected chi connectivity index (χ4v) is 5.61. The lowest BCUT2D eigenvalue weighted by atomic mass is 10.1. The summed E-state index contributed by atoms with van der Waals surface area (Å²) in [6.45, 7) is 0. The Labute approximate surface area is 213 Å². The average Bonchev–Trinajstić information content (AvgIpc) is 2.74. The second-order valence-electron chi connectivity index (χ2n) is 7.84. The molecule has 37 heavy (non-hydrogen) atoms. The minimum absolute atomic E-state index is 0.0967. The summed E-state index contributed by atoms with van der Waals surface area (Å²) in [6.07, 6.45) is -1.81. The molecule has 2 aromatic carbocycles. The van der Waals surface area contributed by atoms with E-state index in [1.165, 1.54) is 19.2 Å². The highest BCUT2D eigenvalue weighted by Gasteiger charge is 2.35. The molecule has 1 unspecified atom stereocenters. The molecule has 3 N–H and O–H groups in total. The highest BCUT2D eigenvalue weighted by atomic mass is 32.3. The van der Waals surface area contributed by atoms with Gasteiger partial charge in [-0.05, 0) is 18.9 Å². The first-order valence-electron chi connectivity index (χ1n) is 10.4. The summed E-state index contributed by atoms with van der Waals surface area (Å²) >= 11 is 0. The van der Waals surface area contributed by atoms with Crippen LogP contribution in [0, 0.1) is 0 Å². The minimum atomic E-state index is -4.59. The average molecular weight is 585 g/mol. The predicted molar refractivity (Wildman–Crippen MR) is 127 cm³/mol. The van der Waals surface area contributed by atoms with Gasteiger partial charge in [0, 0.05) is 23.6 Å². The van der Waals surface area contributed by atoms with Crippen molar-refractivity contribution in [3.63, 3.8) is 0 Å². The lowest BCUT2D eigenvalue weighted by Gasteiger charge is -2.26. The van der Waals surface area contributed by atoms with Crippen molar-refractivity contribution < 1.29 is 62.0 Å². The minimum Gasteiger partial charge on any atom is -0.504 e. The van der Waals surface area contributed by atoms with Gasteiger partial charge in [0.2, 0.25) is 5.75 Å². The topological polar surface area (TPSA) is 209 Å². The van der Waals surface area contributed by atoms with Crippen molar-refractivity contribution >= 4 is 30.6 Å². The first-order chi connectivity index (χ1) is 17.1. The monoisotopic (exact) mass is 584 g/mol. The normalized spacial score (nSPS) is 15.2. The van der Waals surface area contributed by atoms with Crippen molar-refractivity contribution in [2.75, 3.05) is 25.7 Å². The van der Waals surface area contributed by atoms with E-state index in [1.807, 2.05) is 0 Å². The van der Waals surface area contributed by atoms with E-state index >= 15 is 0 Å². The third kappa shape index (κ3) is 7.51. The zero-order chi connectivity index (χ0) is 27.6. The molecule has 0 radical (unpaired) electrons. The van der Waals surface area contributed by atoms with E-state index < -0.39 is 48.2 Å². The van der Waals surface area contributed by atoms with E-state index in [1.54, 1.807) is 6.07 Å². The Morgan fingerprint density at radius 3 is 2.30 bits per heavy atom. The Kier molecular flexibility index (Phi) is 8.33. The second kappa shape index (κ2) is 10.8. The molecule has 0 aliphatic carbocycles. The Bertz CT molecular complexity index is 1480. The van der Waals surface area contributed by atoms with Crippen molar-refractivity contribution in [1.82, 2.24) is 0 Å². The number of para-hydroxylation sites is 1. The van der Waals surface area contributed by atoms with Crippen molar-refractivity contribution in [1.29, 1.82) is 0 Å². The summed E-state index contributed by atoms with van der Waals surface area (Å²) < 4.78 is 114. The van der Waals surface area contributed by atoms with Crippen LogP contribution < -0.4 is 22.6 Å². The Hall–Kier alpha value is -2.99. The van der Waals surface area contributed by atoms with Crippen LogP contribution in [0.5, 0.6) is 34.5 Å². The van der Waals surface area contributed by atoms with Gasteiger partial charge in [-0.2, -0.15) is 16.8 Å². The number of methoxy groups -OCH3 is 2. The van der Waals surface area contributed by atoms with Crippen molar-refractivity contribution in [3.05, 3.63) is 35.4 Å². The molecule has 0 spiro atoms. The fraction of sp³-hybridized carbons (Fsp3) is 0.400. The molecule has 0 fully saturated rings. The molecular formula is C20H24O14S3. The molecule has 0 amide bonds. The molecule has 0 aromatic heterocycles. The second-order valence-corrected chi connectivity index (χ2v) is 12.1. The molecule has 1 heterocycles. The standard InChI is InChI=1S/C20H24O14S3/c1-30-15-7-3-5-12(18(15)21)9-13(11-36(25,26)27)32-17-10-16-14(6-4-8-35(22,23)24)19(20(17)31-2)34-37(28,29)33-16/h3,5,7,10,13,21H,4,6,8-9,11H2,1-2H3,(H,22,23,24)(H,25,26,27). The smallest absolute Gasteiger partial charge is 0.501 e. The van der Waals surface area contributed by atoms with E-state index in [2.05, 4.69) is 0 Å². The number of hydrogen-bond acceptors (Lipinski definition) is 12. The SMILES string of the molecule is COc1cccc(CC(CS(=O)(=O)O)Oc2cc3c(CCCS(=O)(=O)O)c(c2OC)OS(=O)(=O)O3)c1O. The number of fused-ring (bicyclic) bond motifs is 2. The quantitative estimate of drug-likeness (QED) is 0.299. The Balaban J connectivity index is 2.02. The molecule has 2 bridgehead atoms. The largest absolute Gasteiger partial charge is 0.504 e. The molecule has 2 aromatic rings. The number of benzene rings is 2. The van der Waals surface area contributed by atoms with Gasteiger partial charge in [-0.15, -0.1) is 8.42 Å². The molecule has 206 valence electrons. The zero-order valence-corrected chi connectivity index (χ0v) is 21.9. The van der Waals surface area contributed by atoms with E-state index in [-0.39, 0.29) is 64.9 Å². The summed E-state index contributed by atoms with van der Waals surface area (Å²) in [5.74, 6) is -2.91. The number of ether oxygens (including phenoxy) is 3. The molecular weight excluding hydrogens is 560 g/mol. The van der Waals surface area contributed by atoms with Crippen LogP contribution in [0.4, 0.5) is 0 Å². The first kappa shape index (κ1) is 28.6. The molecule has 14 nitrogen and oxygen atoms in total. The third-order valence-electron chi connectivity index (χ3n) is 5.11. The summed E-state index contributed by atoms with van der Waals surface area (Å²) in [5, 5.41) is 10.4. The zero-order valence-electron chi connectivity index (χ0n) is 19.5. The van der Waals surface area contributed by atoms with Crippen molar-refractivity contribution in [3.8, 4) is 34.5 Å². The maximum absolute atomic E-state index is 12.0. The number of phenols is 1. The summed E-state index contributed by atoms with van der Waals surface area (Å²) in [4.78, 5) is 0. The number of rotatable bonds is 12. The van der Waals surface area contributed by atoms with Crippen LogP contribution in [0.15, 0.2) is 24.3 Å². The van der Waals surface area contributed by atoms with Crippen LogP contribution in [0.25, 0.3) is 0 Å². The maximum atomic E-state index is 12.0. The third-order valence-corrected chi connectivity index (χ3v) is 7.47. The highest BCUT2D eigenvalue weighted by molar-refractivity contribution is 7.86. The van der Waals surface area contributed by atoms with Gasteiger partial charge in [-0.1, -0.05) is 12.1 Å². The highest BCUT2D eigenvalue weighted by Crippen LogP contribution is 2.49. The molecule has 0 saturated carbocycles. The number of phenolic OH excluding ortho intramolecular Hbond substituents is 1. The van der Waals surface area contributed by atoms with Crippen molar-refractivity contribution in [2.45, 2.75) is 25.4 Å². The maximum Gasteiger partial charge on any atom is 0.501 e. The Morgan fingerprint density at radius 2 is 1.70 bits per heavy atom. The summed E-state index contributed by atoms with van der Waals surface area (Å²) in [5.41, 5.74) is 0.316. The van der Waals surface area contributed by atoms with E-state index in [0.717, 1.165) is 13.2 Å². The lowest BCUT2D eigenvalue weighted by molar-refractivity contribution is 0.206. The number of aromatic hydroxyl groups is 1. The molecule has 1 atom stereocenters. The van der Waals surface area contributed by atoms with Gasteiger partial charge in [-0.3, -0.25) is 9.11 Å². The number of hydrogen-bond donors (Lipinski definition) is 3. The van der Waals surface area contributed by atoms with E-state index in [0.29, 0.717) is 0 Å². The van der Waals surface area contributed by atoms with Gasteiger partial charge in [-0.25, -0.2) is 0 Å². The molecule has 1 aliphatic heterocycles. The van der Waals surface area contributed by atoms with Crippen LogP contribution in [-0.2, 0) is 43.5 Å². The first-order valence-corrected chi connectivity index (χ1v) is 15.0. The van der Waals surface area contributed by atoms with Gasteiger partial charge in [0.25, 0.3) is 20.2 Å². The molecule has 3 rings (SSSR count). The van der Waals surface area contributed by atoms with Crippen LogP contribution in [-0.4, -0.2) is 71.3 Å². The lowest BCUT2D eigenvalue weighted by Crippen LogP contribution is -2.30. The van der Waals surface area contributed by atoms with E-state index in [4.69, 9.17) is 27.1 Å². The molecule has 17 heteroatoms. The Morgan fingerprint density at radius 1 is 1.00 bits per heavy atom. The van der Waals surface area contributed by atoms with Gasteiger partial charge < -0.3 is 27.7 Å². The van der Waals surface area contributed by atoms with E-state index in [9.17, 15) is 34.9 Å². The van der Waals surface area contributed by atoms with Crippen molar-refractivity contribution in [2.24, 2.45) is 0 Å². The van der Waals surface area contributed by atoms with Crippen LogP contribution >= 0.6 is 0 Å². The summed E-state index contributed by atoms with van der Waals surface area (Å²) in [7, 11) is -11.0. The fourth-order valence-electron chi connectivity index (χ4n) is 3.66. The molecule has 0 saturated heterocycles. The molecule has 1 aliphatic rings. The predicted octanol–water partition coefficient (Wildman–Crippen LogP) is 1.12. The van der Waals surface area contributed by atoms with Gasteiger partial charge >= 0.3 is 10.4 Å². The van der Waals surface area contributed by atoms with Crippen LogP contribution in [0.3, 0.4) is 0 Å². The van der Waals surface area contributed by atoms with Crippen LogP contribution in [0.1, 0.15) is 17.5 Å². The van der Waals surface area contributed by atoms with Crippen LogP contribution in [0.2, 0.25) is 0 Å². The summed E-state index contributed by atoms with van der Waals surface area (Å²) in [6, 6.07) is 5.57.